The highest BCUT2D eigenvalue weighted by Crippen LogP contribution is 2.06. The van der Waals surface area contributed by atoms with Gasteiger partial charge < -0.3 is 37.6 Å². The van der Waals surface area contributed by atoms with Crippen molar-refractivity contribution in [2.24, 2.45) is 17.4 Å². The van der Waals surface area contributed by atoms with Gasteiger partial charge in [0.1, 0.15) is 18.1 Å². The molecular formula is C16H27N5O8. The first kappa shape index (κ1) is 25.8. The third-order valence-electron chi connectivity index (χ3n) is 3.58. The van der Waals surface area contributed by atoms with E-state index in [0.717, 1.165) is 0 Å². The molecule has 164 valence electrons. The molecule has 0 aromatic carbocycles. The van der Waals surface area contributed by atoms with Crippen LogP contribution in [0.15, 0.2) is 0 Å². The van der Waals surface area contributed by atoms with Crippen molar-refractivity contribution < 1.29 is 39.0 Å². The molecule has 0 bridgehead atoms. The van der Waals surface area contributed by atoms with Crippen LogP contribution in [0.2, 0.25) is 0 Å². The summed E-state index contributed by atoms with van der Waals surface area (Å²) in [6, 6.07) is -4.42. The largest absolute Gasteiger partial charge is 0.481 e. The number of nitrogens with two attached hydrogens (primary N) is 2. The maximum Gasteiger partial charge on any atom is 0.326 e. The van der Waals surface area contributed by atoms with Crippen molar-refractivity contribution in [2.75, 3.05) is 6.54 Å². The second-order valence-electron chi connectivity index (χ2n) is 6.68. The van der Waals surface area contributed by atoms with Crippen molar-refractivity contribution in [3.8, 4) is 0 Å². The van der Waals surface area contributed by atoms with Gasteiger partial charge in [0, 0.05) is 0 Å². The number of hydrogen-bond donors (Lipinski definition) is 7. The van der Waals surface area contributed by atoms with Gasteiger partial charge in [-0.05, 0) is 12.3 Å². The van der Waals surface area contributed by atoms with E-state index in [1.165, 1.54) is 0 Å². The molecule has 0 aromatic rings. The van der Waals surface area contributed by atoms with Crippen molar-refractivity contribution in [1.82, 2.24) is 16.0 Å². The molecular weight excluding hydrogens is 390 g/mol. The predicted octanol–water partition coefficient (Wildman–Crippen LogP) is -3.12. The quantitative estimate of drug-likeness (QED) is 0.160. The van der Waals surface area contributed by atoms with Gasteiger partial charge in [0.2, 0.25) is 23.6 Å². The number of nitrogens with one attached hydrogen (secondary N) is 3. The molecule has 13 nitrogen and oxygen atoms in total. The first-order valence-corrected chi connectivity index (χ1v) is 8.70. The van der Waals surface area contributed by atoms with E-state index >= 15 is 0 Å². The standard InChI is InChI=1S/C16H27N5O8/c1-7(2)3-8(19-12(23)6-17)14(26)20-9(4-11(18)22)15(27)21-10(16(28)29)5-13(24)25/h7-10H,3-6,17H2,1-2H3,(H2,18,22)(H,19,23)(H,20,26)(H,21,27)(H,24,25)(H,28,29). The van der Waals surface area contributed by atoms with Crippen molar-refractivity contribution in [1.29, 1.82) is 0 Å². The number of amides is 4. The zero-order valence-electron chi connectivity index (χ0n) is 16.1. The van der Waals surface area contributed by atoms with E-state index in [2.05, 4.69) is 10.6 Å². The van der Waals surface area contributed by atoms with E-state index in [1.54, 1.807) is 13.8 Å². The Bertz CT molecular complexity index is 651. The molecule has 0 rings (SSSR count). The van der Waals surface area contributed by atoms with Gasteiger partial charge in [0.25, 0.3) is 0 Å². The van der Waals surface area contributed by atoms with E-state index < -0.39 is 66.5 Å². The molecule has 0 saturated heterocycles. The van der Waals surface area contributed by atoms with Crippen LogP contribution in [0.5, 0.6) is 0 Å². The maximum absolute atomic E-state index is 12.5. The second kappa shape index (κ2) is 12.3. The van der Waals surface area contributed by atoms with Gasteiger partial charge in [-0.1, -0.05) is 13.8 Å². The molecule has 0 aliphatic heterocycles. The normalized spacial score (nSPS) is 13.7. The molecule has 0 heterocycles. The zero-order valence-corrected chi connectivity index (χ0v) is 16.1. The fraction of sp³-hybridized carbons (Fsp3) is 0.625. The highest BCUT2D eigenvalue weighted by Gasteiger charge is 2.31. The van der Waals surface area contributed by atoms with Gasteiger partial charge in [-0.2, -0.15) is 0 Å². The van der Waals surface area contributed by atoms with Crippen LogP contribution in [0, 0.1) is 5.92 Å². The molecule has 3 unspecified atom stereocenters. The van der Waals surface area contributed by atoms with Gasteiger partial charge in [-0.15, -0.1) is 0 Å². The fourth-order valence-corrected chi connectivity index (χ4v) is 2.29. The minimum Gasteiger partial charge on any atom is -0.481 e. The summed E-state index contributed by atoms with van der Waals surface area (Å²) in [4.78, 5) is 69.5. The number of carboxylic acid groups (broad SMARTS) is 2. The highest BCUT2D eigenvalue weighted by molar-refractivity contribution is 5.96. The molecule has 0 radical (unpaired) electrons. The molecule has 0 spiro atoms. The van der Waals surface area contributed by atoms with Gasteiger partial charge in [0.15, 0.2) is 0 Å². The Hall–Kier alpha value is -3.22. The molecule has 0 fully saturated rings. The van der Waals surface area contributed by atoms with E-state index in [0.29, 0.717) is 0 Å². The minimum atomic E-state index is -1.78. The van der Waals surface area contributed by atoms with E-state index in [9.17, 15) is 28.8 Å². The number of carbonyl (C=O) groups is 6. The van der Waals surface area contributed by atoms with Gasteiger partial charge in [-0.3, -0.25) is 24.0 Å². The fourth-order valence-electron chi connectivity index (χ4n) is 2.29. The molecule has 0 aliphatic rings. The average molecular weight is 417 g/mol. The van der Waals surface area contributed by atoms with Crippen LogP contribution in [0.25, 0.3) is 0 Å². The minimum absolute atomic E-state index is 0.0285. The van der Waals surface area contributed by atoms with Crippen molar-refractivity contribution in [2.45, 2.75) is 51.2 Å². The zero-order chi connectivity index (χ0) is 22.7. The van der Waals surface area contributed by atoms with Crippen LogP contribution in [0.4, 0.5) is 0 Å². The third kappa shape index (κ3) is 10.6. The smallest absolute Gasteiger partial charge is 0.326 e. The van der Waals surface area contributed by atoms with Crippen molar-refractivity contribution >= 4 is 35.6 Å². The predicted molar refractivity (Wildman–Crippen MR) is 98.0 cm³/mol. The Labute approximate surface area is 166 Å². The monoisotopic (exact) mass is 417 g/mol. The topological polar surface area (TPSA) is 231 Å². The molecule has 4 amide bonds. The molecule has 0 saturated carbocycles. The summed E-state index contributed by atoms with van der Waals surface area (Å²) in [5, 5.41) is 24.3. The first-order chi connectivity index (χ1) is 13.4. The van der Waals surface area contributed by atoms with Crippen LogP contribution in [0.1, 0.15) is 33.1 Å². The number of aliphatic carboxylic acids is 2. The Morgan fingerprint density at radius 3 is 1.76 bits per heavy atom. The number of primary amides is 1. The average Bonchev–Trinajstić information content (AvgIpc) is 2.58. The SMILES string of the molecule is CC(C)CC(NC(=O)CN)C(=O)NC(CC(N)=O)C(=O)NC(CC(=O)O)C(=O)O. The number of carbonyl (C=O) groups excluding carboxylic acids is 4. The van der Waals surface area contributed by atoms with E-state index in [1.807, 2.05) is 5.32 Å². The summed E-state index contributed by atoms with van der Waals surface area (Å²) in [7, 11) is 0. The molecule has 29 heavy (non-hydrogen) atoms. The molecule has 0 aromatic heterocycles. The van der Waals surface area contributed by atoms with Crippen LogP contribution in [-0.2, 0) is 28.8 Å². The lowest BCUT2D eigenvalue weighted by Gasteiger charge is -2.24. The third-order valence-corrected chi connectivity index (χ3v) is 3.58. The van der Waals surface area contributed by atoms with Crippen molar-refractivity contribution in [3.05, 3.63) is 0 Å². The summed E-state index contributed by atoms with van der Waals surface area (Å²) < 4.78 is 0. The van der Waals surface area contributed by atoms with Crippen LogP contribution in [0.3, 0.4) is 0 Å². The molecule has 3 atom stereocenters. The van der Waals surface area contributed by atoms with Crippen LogP contribution in [-0.4, -0.2) is 70.5 Å². The summed E-state index contributed by atoms with van der Waals surface area (Å²) in [5.41, 5.74) is 10.3. The summed E-state index contributed by atoms with van der Waals surface area (Å²) >= 11 is 0. The molecule has 9 N–H and O–H groups in total. The van der Waals surface area contributed by atoms with Crippen LogP contribution < -0.4 is 27.4 Å². The van der Waals surface area contributed by atoms with Gasteiger partial charge in [-0.25, -0.2) is 4.79 Å². The number of carboxylic acids is 2. The number of hydrogen-bond acceptors (Lipinski definition) is 7. The highest BCUT2D eigenvalue weighted by atomic mass is 16.4. The van der Waals surface area contributed by atoms with Crippen molar-refractivity contribution in [3.63, 3.8) is 0 Å². The lowest BCUT2D eigenvalue weighted by Crippen LogP contribution is -2.57. The van der Waals surface area contributed by atoms with E-state index in [-0.39, 0.29) is 18.9 Å². The lowest BCUT2D eigenvalue weighted by molar-refractivity contribution is -0.147. The Kier molecular flexibility index (Phi) is 10.9. The van der Waals surface area contributed by atoms with Gasteiger partial charge in [0.05, 0.1) is 19.4 Å². The summed E-state index contributed by atoms with van der Waals surface area (Å²) in [6.45, 7) is 3.19. The maximum atomic E-state index is 12.5. The second-order valence-corrected chi connectivity index (χ2v) is 6.68. The molecule has 13 heteroatoms. The lowest BCUT2D eigenvalue weighted by atomic mass is 10.0. The summed E-state index contributed by atoms with van der Waals surface area (Å²) in [6.07, 6.45) is -1.39. The molecule has 0 aliphatic carbocycles. The van der Waals surface area contributed by atoms with E-state index in [4.69, 9.17) is 21.7 Å². The Morgan fingerprint density at radius 2 is 1.34 bits per heavy atom. The number of rotatable bonds is 13. The van der Waals surface area contributed by atoms with Crippen LogP contribution >= 0.6 is 0 Å². The van der Waals surface area contributed by atoms with Gasteiger partial charge >= 0.3 is 11.9 Å². The Balaban J connectivity index is 5.41. The summed E-state index contributed by atoms with van der Waals surface area (Å²) in [5.74, 6) is -6.63. The Morgan fingerprint density at radius 1 is 0.828 bits per heavy atom. The first-order valence-electron chi connectivity index (χ1n) is 8.70.